The molecule has 0 bridgehead atoms. The molecule has 0 aliphatic rings. The van der Waals surface area contributed by atoms with E-state index >= 15 is 0 Å². The van der Waals surface area contributed by atoms with Gasteiger partial charge in [0.05, 0.1) is 29.2 Å². The van der Waals surface area contributed by atoms with Crippen LogP contribution in [-0.2, 0) is 9.47 Å². The highest BCUT2D eigenvalue weighted by molar-refractivity contribution is 6.17. The van der Waals surface area contributed by atoms with Gasteiger partial charge in [-0.05, 0) is 98.7 Å². The molecule has 51 heavy (non-hydrogen) atoms. The summed E-state index contributed by atoms with van der Waals surface area (Å²) < 4.78 is 25.8. The van der Waals surface area contributed by atoms with Gasteiger partial charge in [0.2, 0.25) is 0 Å². The molecule has 0 aliphatic heterocycles. The number of methoxy groups -OCH3 is 1. The normalized spacial score (nSPS) is 11.8. The summed E-state index contributed by atoms with van der Waals surface area (Å²) in [5.41, 5.74) is 9.15. The number of ether oxygens (including phenoxy) is 3. The van der Waals surface area contributed by atoms with Gasteiger partial charge < -0.3 is 29.6 Å². The molecule has 6 rings (SSSR count). The van der Waals surface area contributed by atoms with E-state index in [-0.39, 0.29) is 11.9 Å². The molecule has 0 saturated heterocycles. The summed E-state index contributed by atoms with van der Waals surface area (Å²) in [5, 5.41) is 15.9. The number of benzene rings is 2. The molecule has 0 atom stereocenters. The minimum atomic E-state index is -0.642. The van der Waals surface area contributed by atoms with E-state index in [4.69, 9.17) is 34.7 Å². The van der Waals surface area contributed by atoms with Gasteiger partial charge in [0.15, 0.2) is 11.5 Å². The summed E-state index contributed by atoms with van der Waals surface area (Å²) in [5.74, 6) is 1.14. The van der Waals surface area contributed by atoms with Crippen LogP contribution in [0.3, 0.4) is 0 Å². The van der Waals surface area contributed by atoms with Crippen molar-refractivity contribution < 1.29 is 33.5 Å². The molecular weight excluding hydrogens is 653 g/mol. The third-order valence-corrected chi connectivity index (χ3v) is 7.51. The highest BCUT2D eigenvalue weighted by atomic mass is 16.6. The second kappa shape index (κ2) is 14.0. The van der Waals surface area contributed by atoms with Crippen LogP contribution in [0.5, 0.6) is 11.6 Å². The van der Waals surface area contributed by atoms with Crippen molar-refractivity contribution in [3.05, 3.63) is 60.4 Å². The summed E-state index contributed by atoms with van der Waals surface area (Å²) in [6.07, 6.45) is 0.368. The lowest BCUT2D eigenvalue weighted by atomic mass is 10.1. The van der Waals surface area contributed by atoms with Crippen molar-refractivity contribution in [1.82, 2.24) is 28.9 Å². The van der Waals surface area contributed by atoms with Gasteiger partial charge in [0, 0.05) is 22.9 Å². The number of fused-ring (bicyclic) bond motifs is 3. The first-order valence-electron chi connectivity index (χ1n) is 16.3. The molecule has 0 saturated carbocycles. The number of carbonyl (C=O) groups excluding carboxylic acids is 2. The smallest absolute Gasteiger partial charge is 0.524 e. The van der Waals surface area contributed by atoms with Crippen LogP contribution in [0, 0.1) is 6.92 Å². The Balaban J connectivity index is 0.000000211. The molecular formula is C36H43BN7O7. The number of hydrogen-bond acceptors (Lipinski definition) is 11. The molecule has 0 spiro atoms. The monoisotopic (exact) mass is 696 g/mol. The van der Waals surface area contributed by atoms with Gasteiger partial charge in [0.1, 0.15) is 34.8 Å². The summed E-state index contributed by atoms with van der Waals surface area (Å²) in [7, 11) is 2.08. The maximum Gasteiger partial charge on any atom is 0.570 e. The topological polar surface area (TPSA) is 171 Å². The summed E-state index contributed by atoms with van der Waals surface area (Å²) in [6.45, 7) is 16.9. The molecule has 0 aliphatic carbocycles. The number of anilines is 1. The zero-order chi connectivity index (χ0) is 37.4. The first-order chi connectivity index (χ1) is 23.9. The highest BCUT2D eigenvalue weighted by Crippen LogP contribution is 2.36. The fraction of sp³-hybridized carbons (Fsp3) is 0.361. The lowest BCUT2D eigenvalue weighted by molar-refractivity contribution is 0.0529. The second-order valence-corrected chi connectivity index (χ2v) is 14.2. The van der Waals surface area contributed by atoms with E-state index in [1.807, 2.05) is 65.8 Å². The Morgan fingerprint density at radius 1 is 0.863 bits per heavy atom. The number of aromatic nitrogens is 6. The molecule has 4 heterocycles. The number of hydrogen-bond donors (Lipinski definition) is 2. The number of aryl methyl sites for hydroxylation is 1. The van der Waals surface area contributed by atoms with Gasteiger partial charge >= 0.3 is 19.9 Å². The Labute approximate surface area is 296 Å². The van der Waals surface area contributed by atoms with Crippen molar-refractivity contribution in [3.63, 3.8) is 0 Å². The van der Waals surface area contributed by atoms with E-state index in [0.29, 0.717) is 47.2 Å². The third-order valence-electron chi connectivity index (χ3n) is 7.51. The molecule has 1 radical (unpaired) electrons. The fourth-order valence-corrected chi connectivity index (χ4v) is 5.48. The Kier molecular flexibility index (Phi) is 10.1. The molecule has 0 amide bonds. The zero-order valence-electron chi connectivity index (χ0n) is 30.5. The van der Waals surface area contributed by atoms with Crippen molar-refractivity contribution in [2.45, 2.75) is 79.6 Å². The van der Waals surface area contributed by atoms with E-state index in [2.05, 4.69) is 9.97 Å². The molecule has 0 fully saturated rings. The molecule has 15 heteroatoms. The van der Waals surface area contributed by atoms with E-state index in [9.17, 15) is 9.59 Å². The predicted octanol–water partition coefficient (Wildman–Crippen LogP) is 7.04. The second-order valence-electron chi connectivity index (χ2n) is 14.2. The Morgan fingerprint density at radius 2 is 1.47 bits per heavy atom. The number of nitrogens with zero attached hydrogens (tertiary/aromatic N) is 6. The summed E-state index contributed by atoms with van der Waals surface area (Å²) in [6, 6.07) is 14.7. The first kappa shape index (κ1) is 36.7. The predicted molar refractivity (Wildman–Crippen MR) is 196 cm³/mol. The molecule has 4 aromatic heterocycles. The van der Waals surface area contributed by atoms with Gasteiger partial charge in [-0.25, -0.2) is 33.4 Å². The lowest BCUT2D eigenvalue weighted by Crippen LogP contribution is -2.27. The quantitative estimate of drug-likeness (QED) is 0.177. The average molecular weight is 697 g/mol. The Morgan fingerprint density at radius 3 is 2.08 bits per heavy atom. The van der Waals surface area contributed by atoms with Crippen LogP contribution >= 0.6 is 0 Å². The van der Waals surface area contributed by atoms with Crippen molar-refractivity contribution in [2.75, 3.05) is 12.8 Å². The van der Waals surface area contributed by atoms with Crippen molar-refractivity contribution >= 4 is 58.5 Å². The van der Waals surface area contributed by atoms with Gasteiger partial charge in [-0.2, -0.15) is 5.10 Å². The lowest BCUT2D eigenvalue weighted by Gasteiger charge is -2.20. The number of rotatable bonds is 5. The van der Waals surface area contributed by atoms with Crippen LogP contribution in [0.25, 0.3) is 44.2 Å². The molecule has 0 unspecified atom stereocenters. The van der Waals surface area contributed by atoms with Crippen LogP contribution in [0.4, 0.5) is 15.4 Å². The van der Waals surface area contributed by atoms with Crippen molar-refractivity contribution in [3.8, 4) is 23.0 Å². The number of carbonyl (C=O) groups is 2. The highest BCUT2D eigenvalue weighted by Gasteiger charge is 2.28. The van der Waals surface area contributed by atoms with Gasteiger partial charge in [-0.1, -0.05) is 11.6 Å². The maximum atomic E-state index is 13.2. The standard InChI is InChI=1S/C22H26N6O2.C14H17BNO5/c1-12(2)28-20-17(19(23)24-11-25-20)18(26-28)16-10-14-9-13(3)7-8-15(14)27(16)21(29)30-22(4,5)6;1-14(2,3)20-13(17)16-11-6-5-10(19-4)7-9(11)8-12(16)21-15-18/h7-12H,1-6H3,(H2,23,24,25);5-8,18H,1-4H3. The van der Waals surface area contributed by atoms with Crippen molar-refractivity contribution in [2.24, 2.45) is 0 Å². The molecule has 6 aromatic rings. The average Bonchev–Trinajstić information content (AvgIpc) is 3.71. The molecule has 267 valence electrons. The summed E-state index contributed by atoms with van der Waals surface area (Å²) >= 11 is 0. The first-order valence-corrected chi connectivity index (χ1v) is 16.3. The van der Waals surface area contributed by atoms with Gasteiger partial charge in [0.25, 0.3) is 0 Å². The zero-order valence-corrected chi connectivity index (χ0v) is 30.5. The minimum Gasteiger partial charge on any atom is -0.524 e. The van der Waals surface area contributed by atoms with Crippen LogP contribution in [0.2, 0.25) is 0 Å². The molecule has 3 N–H and O–H groups in total. The maximum absolute atomic E-state index is 13.2. The van der Waals surface area contributed by atoms with Crippen LogP contribution in [-0.4, -0.2) is 72.1 Å². The van der Waals surface area contributed by atoms with Gasteiger partial charge in [-0.15, -0.1) is 0 Å². The largest absolute Gasteiger partial charge is 0.570 e. The molecule has 14 nitrogen and oxygen atoms in total. The van der Waals surface area contributed by atoms with Crippen LogP contribution in [0.1, 0.15) is 67.0 Å². The van der Waals surface area contributed by atoms with E-state index in [1.165, 1.54) is 10.9 Å². The molecule has 2 aromatic carbocycles. The Bertz CT molecular complexity index is 2240. The van der Waals surface area contributed by atoms with Crippen LogP contribution in [0.15, 0.2) is 54.9 Å². The third kappa shape index (κ3) is 7.78. The van der Waals surface area contributed by atoms with E-state index < -0.39 is 23.4 Å². The van der Waals surface area contributed by atoms with Crippen molar-refractivity contribution in [1.29, 1.82) is 0 Å². The number of nitrogen functional groups attached to an aromatic ring is 1. The van der Waals surface area contributed by atoms with Crippen LogP contribution < -0.4 is 15.1 Å². The van der Waals surface area contributed by atoms with E-state index in [0.717, 1.165) is 21.9 Å². The Hall–Kier alpha value is -5.57. The SMILES string of the molecule is COc1ccc2c(c1)cc(O[B]O)n2C(=O)OC(C)(C)C.Cc1ccc2c(c1)cc(-c1nn(C(C)C)c3ncnc(N)c13)n2C(=O)OC(C)(C)C. The number of nitrogens with two attached hydrogens (primary N) is 1. The minimum absolute atomic E-state index is 0.0529. The van der Waals surface area contributed by atoms with Gasteiger partial charge in [-0.3, -0.25) is 0 Å². The summed E-state index contributed by atoms with van der Waals surface area (Å²) in [4.78, 5) is 34.1. The van der Waals surface area contributed by atoms with E-state index in [1.54, 1.807) is 61.4 Å². The fourth-order valence-electron chi connectivity index (χ4n) is 5.48.